The molecule has 0 aliphatic carbocycles. The second-order valence-corrected chi connectivity index (χ2v) is 4.70. The molecule has 1 radical (unpaired) electrons. The number of aliphatic hydroxyl groups excluding tert-OH is 1. The molecule has 0 bridgehead atoms. The lowest BCUT2D eigenvalue weighted by Crippen LogP contribution is -2.24. The number of para-hydroxylation sites is 1. The number of methoxy groups -OCH3 is 2. The lowest BCUT2D eigenvalue weighted by atomic mass is 10.1. The van der Waals surface area contributed by atoms with Crippen LogP contribution in [-0.2, 0) is 6.42 Å². The van der Waals surface area contributed by atoms with Crippen LogP contribution >= 0.6 is 0 Å². The van der Waals surface area contributed by atoms with Gasteiger partial charge >= 0.3 is 0 Å². The zero-order chi connectivity index (χ0) is 15.9. The molecule has 0 spiro atoms. The van der Waals surface area contributed by atoms with Gasteiger partial charge in [-0.25, -0.2) is 0 Å². The van der Waals surface area contributed by atoms with Crippen LogP contribution in [0.5, 0.6) is 23.0 Å². The van der Waals surface area contributed by atoms with Gasteiger partial charge in [-0.1, -0.05) is 18.2 Å². The van der Waals surface area contributed by atoms with Crippen LogP contribution in [0.4, 0.5) is 0 Å². The molecule has 5 heteroatoms. The molecule has 2 rings (SSSR count). The van der Waals surface area contributed by atoms with Crippen LogP contribution in [0.2, 0.25) is 0 Å². The Bertz CT molecular complexity index is 612. The normalized spacial score (nSPS) is 11.8. The van der Waals surface area contributed by atoms with E-state index in [0.717, 1.165) is 5.56 Å². The Labute approximate surface area is 129 Å². The Morgan fingerprint density at radius 1 is 1.18 bits per heavy atom. The number of hydrogen-bond donors (Lipinski definition) is 2. The monoisotopic (exact) mass is 303 g/mol. The van der Waals surface area contributed by atoms with Crippen LogP contribution in [0.15, 0.2) is 36.4 Å². The van der Waals surface area contributed by atoms with Gasteiger partial charge in [-0.15, -0.1) is 0 Å². The maximum absolute atomic E-state index is 9.75. The minimum absolute atomic E-state index is 0.00679. The van der Waals surface area contributed by atoms with Crippen molar-refractivity contribution in [1.29, 1.82) is 0 Å². The van der Waals surface area contributed by atoms with E-state index in [-0.39, 0.29) is 18.1 Å². The number of ether oxygens (including phenoxy) is 3. The third-order valence-corrected chi connectivity index (χ3v) is 3.18. The fourth-order valence-corrected chi connectivity index (χ4v) is 2.12. The van der Waals surface area contributed by atoms with Crippen LogP contribution in [0.3, 0.4) is 0 Å². The quantitative estimate of drug-likeness (QED) is 0.820. The van der Waals surface area contributed by atoms with E-state index in [4.69, 9.17) is 14.2 Å². The van der Waals surface area contributed by atoms with Crippen molar-refractivity contribution in [3.8, 4) is 23.0 Å². The molecule has 2 aromatic rings. The molecular formula is C17H19O5. The van der Waals surface area contributed by atoms with Gasteiger partial charge in [-0.2, -0.15) is 0 Å². The first-order valence-electron chi connectivity index (χ1n) is 6.86. The molecule has 0 aliphatic rings. The zero-order valence-electron chi connectivity index (χ0n) is 12.6. The summed E-state index contributed by atoms with van der Waals surface area (Å²) in [6.07, 6.45) is 0.0168. The second-order valence-electron chi connectivity index (χ2n) is 4.70. The molecule has 22 heavy (non-hydrogen) atoms. The van der Waals surface area contributed by atoms with Crippen molar-refractivity contribution >= 4 is 0 Å². The van der Waals surface area contributed by atoms with Gasteiger partial charge in [0.05, 0.1) is 20.8 Å². The maximum atomic E-state index is 9.75. The highest BCUT2D eigenvalue weighted by atomic mass is 16.5. The Hall–Kier alpha value is -2.40. The van der Waals surface area contributed by atoms with Gasteiger partial charge in [0, 0.05) is 12.5 Å². The molecule has 1 atom stereocenters. The van der Waals surface area contributed by atoms with Crippen molar-refractivity contribution in [3.63, 3.8) is 0 Å². The van der Waals surface area contributed by atoms with Gasteiger partial charge in [0.2, 0.25) is 5.75 Å². The van der Waals surface area contributed by atoms with Gasteiger partial charge in [0.25, 0.3) is 0 Å². The molecule has 0 aromatic heterocycles. The van der Waals surface area contributed by atoms with Crippen molar-refractivity contribution in [1.82, 2.24) is 0 Å². The highest BCUT2D eigenvalue weighted by molar-refractivity contribution is 5.50. The molecular weight excluding hydrogens is 284 g/mol. The standard InChI is InChI=1S/C17H19O5/c1-20-13-6-3-5-12(9-13)10-14(11-18)22-16-8-4-7-15(19)17(16)21-2/h3-5,7-9,14,18-19H,10-11H2,1-2H3. The molecule has 0 aliphatic heterocycles. The summed E-state index contributed by atoms with van der Waals surface area (Å²) >= 11 is 0. The van der Waals surface area contributed by atoms with Crippen LogP contribution in [0, 0.1) is 6.07 Å². The topological polar surface area (TPSA) is 68.2 Å². The number of hydrogen-bond acceptors (Lipinski definition) is 5. The fraction of sp³-hybridized carbons (Fsp3) is 0.294. The minimum Gasteiger partial charge on any atom is -0.504 e. The smallest absolute Gasteiger partial charge is 0.203 e. The largest absolute Gasteiger partial charge is 0.504 e. The van der Waals surface area contributed by atoms with E-state index < -0.39 is 6.10 Å². The van der Waals surface area contributed by atoms with Gasteiger partial charge in [-0.05, 0) is 23.8 Å². The maximum Gasteiger partial charge on any atom is 0.203 e. The number of phenols is 1. The molecule has 117 valence electrons. The predicted molar refractivity (Wildman–Crippen MR) is 81.7 cm³/mol. The zero-order valence-corrected chi connectivity index (χ0v) is 12.6. The summed E-state index contributed by atoms with van der Waals surface area (Å²) in [4.78, 5) is 0. The third-order valence-electron chi connectivity index (χ3n) is 3.18. The summed E-state index contributed by atoms with van der Waals surface area (Å²) in [5, 5.41) is 19.3. The summed E-state index contributed by atoms with van der Waals surface area (Å²) in [6, 6.07) is 13.3. The third kappa shape index (κ3) is 3.83. The first-order chi connectivity index (χ1) is 10.7. The van der Waals surface area contributed by atoms with E-state index in [0.29, 0.717) is 17.9 Å². The molecule has 1 unspecified atom stereocenters. The highest BCUT2D eigenvalue weighted by Gasteiger charge is 2.16. The van der Waals surface area contributed by atoms with E-state index >= 15 is 0 Å². The summed E-state index contributed by atoms with van der Waals surface area (Å²) in [5.41, 5.74) is 0.953. The second kappa shape index (κ2) is 7.56. The van der Waals surface area contributed by atoms with Gasteiger partial charge in [0.1, 0.15) is 11.9 Å². The Morgan fingerprint density at radius 2 is 2.00 bits per heavy atom. The first kappa shape index (κ1) is 16.0. The molecule has 0 fully saturated rings. The molecule has 5 nitrogen and oxygen atoms in total. The van der Waals surface area contributed by atoms with Crippen LogP contribution in [-0.4, -0.2) is 37.1 Å². The minimum atomic E-state index is -0.470. The van der Waals surface area contributed by atoms with Crippen molar-refractivity contribution in [3.05, 3.63) is 48.0 Å². The summed E-state index contributed by atoms with van der Waals surface area (Å²) in [6.45, 7) is -0.167. The number of aliphatic hydroxyl groups is 1. The van der Waals surface area contributed by atoms with Crippen molar-refractivity contribution in [2.24, 2.45) is 0 Å². The summed E-state index contributed by atoms with van der Waals surface area (Å²) in [7, 11) is 3.03. The molecule has 0 heterocycles. The average Bonchev–Trinajstić information content (AvgIpc) is 2.54. The van der Waals surface area contributed by atoms with E-state index in [1.54, 1.807) is 25.3 Å². The molecule has 2 N–H and O–H groups in total. The van der Waals surface area contributed by atoms with Gasteiger partial charge < -0.3 is 24.4 Å². The van der Waals surface area contributed by atoms with Gasteiger partial charge in [-0.3, -0.25) is 0 Å². The highest BCUT2D eigenvalue weighted by Crippen LogP contribution is 2.36. The summed E-state index contributed by atoms with van der Waals surface area (Å²) in [5.74, 6) is 1.26. The Balaban J connectivity index is 2.14. The molecule has 0 saturated carbocycles. The SMILES string of the molecule is COc1[c]ccc(CC(CO)Oc2cccc(O)c2OC)c1. The van der Waals surface area contributed by atoms with Crippen molar-refractivity contribution < 1.29 is 24.4 Å². The average molecular weight is 303 g/mol. The lowest BCUT2D eigenvalue weighted by Gasteiger charge is -2.19. The van der Waals surface area contributed by atoms with Crippen LogP contribution in [0.25, 0.3) is 0 Å². The number of benzene rings is 2. The lowest BCUT2D eigenvalue weighted by molar-refractivity contribution is 0.112. The number of aromatic hydroxyl groups is 1. The van der Waals surface area contributed by atoms with E-state index in [2.05, 4.69) is 6.07 Å². The van der Waals surface area contributed by atoms with E-state index in [9.17, 15) is 10.2 Å². The molecule has 0 saturated heterocycles. The van der Waals surface area contributed by atoms with E-state index in [1.165, 1.54) is 13.2 Å². The molecule has 0 amide bonds. The number of rotatable bonds is 7. The number of phenolic OH excluding ortho intramolecular Hbond substituents is 1. The fourth-order valence-electron chi connectivity index (χ4n) is 2.12. The summed E-state index contributed by atoms with van der Waals surface area (Å²) < 4.78 is 16.0. The predicted octanol–water partition coefficient (Wildman–Crippen LogP) is 2.19. The van der Waals surface area contributed by atoms with Crippen LogP contribution in [0.1, 0.15) is 5.56 Å². The van der Waals surface area contributed by atoms with Crippen LogP contribution < -0.4 is 14.2 Å². The van der Waals surface area contributed by atoms with Crippen molar-refractivity contribution in [2.45, 2.75) is 12.5 Å². The first-order valence-corrected chi connectivity index (χ1v) is 6.86. The van der Waals surface area contributed by atoms with E-state index in [1.807, 2.05) is 12.1 Å². The van der Waals surface area contributed by atoms with Crippen molar-refractivity contribution in [2.75, 3.05) is 20.8 Å². The Kier molecular flexibility index (Phi) is 5.49. The molecule has 2 aromatic carbocycles. The van der Waals surface area contributed by atoms with Gasteiger partial charge in [0.15, 0.2) is 11.5 Å². The Morgan fingerprint density at radius 3 is 2.68 bits per heavy atom.